The maximum atomic E-state index is 12.1. The lowest BCUT2D eigenvalue weighted by Gasteiger charge is -2.39. The van der Waals surface area contributed by atoms with Crippen molar-refractivity contribution in [2.24, 2.45) is 17.3 Å². The maximum Gasteiger partial charge on any atom is 0.136 e. The molecule has 3 atom stereocenters. The molecule has 2 aliphatic rings. The van der Waals surface area contributed by atoms with E-state index in [9.17, 15) is 9.90 Å². The molecule has 0 spiro atoms. The molecule has 20 heavy (non-hydrogen) atoms. The van der Waals surface area contributed by atoms with Gasteiger partial charge < -0.3 is 5.11 Å². The number of aliphatic hydroxyl groups is 1. The summed E-state index contributed by atoms with van der Waals surface area (Å²) in [4.78, 5) is 12.1. The first-order valence-electron chi connectivity index (χ1n) is 8.23. The smallest absolute Gasteiger partial charge is 0.136 e. The van der Waals surface area contributed by atoms with E-state index in [1.165, 1.54) is 19.3 Å². The number of carbonyl (C=O) groups excluding carboxylic acids is 1. The van der Waals surface area contributed by atoms with Crippen molar-refractivity contribution in [1.82, 2.24) is 0 Å². The highest BCUT2D eigenvalue weighted by Crippen LogP contribution is 2.55. The lowest BCUT2D eigenvalue weighted by molar-refractivity contribution is -0.129. The van der Waals surface area contributed by atoms with Gasteiger partial charge >= 0.3 is 0 Å². The molecule has 2 saturated carbocycles. The summed E-state index contributed by atoms with van der Waals surface area (Å²) in [6.45, 7) is 6.04. The van der Waals surface area contributed by atoms with Gasteiger partial charge in [0.15, 0.2) is 0 Å². The Morgan fingerprint density at radius 3 is 2.80 bits per heavy atom. The van der Waals surface area contributed by atoms with E-state index < -0.39 is 5.60 Å². The lowest BCUT2D eigenvalue weighted by atomic mass is 9.64. The molecule has 0 heterocycles. The fourth-order valence-corrected chi connectivity index (χ4v) is 4.30. The van der Waals surface area contributed by atoms with E-state index in [-0.39, 0.29) is 5.41 Å². The molecule has 0 aromatic rings. The van der Waals surface area contributed by atoms with Gasteiger partial charge in [-0.05, 0) is 70.1 Å². The van der Waals surface area contributed by atoms with Gasteiger partial charge in [-0.2, -0.15) is 0 Å². The van der Waals surface area contributed by atoms with Gasteiger partial charge in [0.25, 0.3) is 0 Å². The van der Waals surface area contributed by atoms with Crippen LogP contribution in [0.5, 0.6) is 0 Å². The Hall–Kier alpha value is -0.630. The van der Waals surface area contributed by atoms with Crippen molar-refractivity contribution in [2.75, 3.05) is 0 Å². The van der Waals surface area contributed by atoms with Crippen molar-refractivity contribution in [3.63, 3.8) is 0 Å². The molecular formula is C18H30O2. The van der Waals surface area contributed by atoms with Crippen LogP contribution < -0.4 is 0 Å². The number of Topliss-reactive ketones (excluding diaryl/α,β-unsaturated/α-hetero) is 1. The molecule has 0 aromatic heterocycles. The fourth-order valence-electron chi connectivity index (χ4n) is 4.30. The van der Waals surface area contributed by atoms with Crippen molar-refractivity contribution in [1.29, 1.82) is 0 Å². The summed E-state index contributed by atoms with van der Waals surface area (Å²) in [5, 5.41) is 9.66. The van der Waals surface area contributed by atoms with Crippen LogP contribution in [-0.2, 0) is 4.79 Å². The Balaban J connectivity index is 1.83. The third-order valence-electron chi connectivity index (χ3n) is 5.53. The molecule has 2 fully saturated rings. The summed E-state index contributed by atoms with van der Waals surface area (Å²) in [5.74, 6) is 1.59. The van der Waals surface area contributed by atoms with Crippen molar-refractivity contribution in [3.05, 3.63) is 12.2 Å². The first-order valence-corrected chi connectivity index (χ1v) is 8.23. The van der Waals surface area contributed by atoms with Crippen LogP contribution in [0.25, 0.3) is 0 Å². The summed E-state index contributed by atoms with van der Waals surface area (Å²) in [6, 6.07) is 0. The van der Waals surface area contributed by atoms with E-state index in [0.717, 1.165) is 32.1 Å². The zero-order chi connectivity index (χ0) is 14.8. The topological polar surface area (TPSA) is 37.3 Å². The van der Waals surface area contributed by atoms with Crippen LogP contribution in [0.2, 0.25) is 0 Å². The summed E-state index contributed by atoms with van der Waals surface area (Å²) < 4.78 is 0. The highest BCUT2D eigenvalue weighted by atomic mass is 16.3. The lowest BCUT2D eigenvalue weighted by Crippen LogP contribution is -2.37. The first kappa shape index (κ1) is 15.8. The number of fused-ring (bicyclic) bond motifs is 1. The zero-order valence-corrected chi connectivity index (χ0v) is 13.3. The van der Waals surface area contributed by atoms with E-state index in [2.05, 4.69) is 19.1 Å². The molecule has 0 aliphatic heterocycles. The van der Waals surface area contributed by atoms with Crippen molar-refractivity contribution in [2.45, 2.75) is 77.7 Å². The molecule has 0 bridgehead atoms. The average molecular weight is 278 g/mol. The minimum atomic E-state index is -0.600. The second kappa shape index (κ2) is 6.01. The van der Waals surface area contributed by atoms with Crippen molar-refractivity contribution >= 4 is 5.78 Å². The first-order chi connectivity index (χ1) is 9.33. The van der Waals surface area contributed by atoms with Gasteiger partial charge in [-0.15, -0.1) is 0 Å². The number of hydrogen-bond donors (Lipinski definition) is 1. The molecular weight excluding hydrogens is 248 g/mol. The normalized spacial score (nSPS) is 34.7. The Bertz CT molecular complexity index is 377. The second-order valence-corrected chi connectivity index (χ2v) is 7.72. The number of allylic oxidation sites excluding steroid dienone is 1. The fraction of sp³-hybridized carbons (Fsp3) is 0.833. The van der Waals surface area contributed by atoms with Crippen LogP contribution in [0, 0.1) is 17.3 Å². The number of rotatable bonds is 5. The molecule has 1 N–H and O–H groups in total. The summed E-state index contributed by atoms with van der Waals surface area (Å²) in [5.41, 5.74) is -0.323. The van der Waals surface area contributed by atoms with Gasteiger partial charge in [0.2, 0.25) is 0 Å². The molecule has 0 radical (unpaired) electrons. The van der Waals surface area contributed by atoms with Crippen LogP contribution in [0.1, 0.15) is 72.1 Å². The summed E-state index contributed by atoms with van der Waals surface area (Å²) >= 11 is 0. The van der Waals surface area contributed by atoms with Gasteiger partial charge in [0.05, 0.1) is 5.60 Å². The Morgan fingerprint density at radius 1 is 1.35 bits per heavy atom. The van der Waals surface area contributed by atoms with Crippen LogP contribution >= 0.6 is 0 Å². The SMILES string of the molecule is CC(C)(O)C/C=C/CC[C@H]1CCC2C(=O)CCC[C@@]21C. The van der Waals surface area contributed by atoms with Gasteiger partial charge in [0.1, 0.15) is 5.78 Å². The van der Waals surface area contributed by atoms with E-state index >= 15 is 0 Å². The quantitative estimate of drug-likeness (QED) is 0.763. The highest BCUT2D eigenvalue weighted by Gasteiger charge is 2.50. The Kier molecular flexibility index (Phi) is 4.73. The second-order valence-electron chi connectivity index (χ2n) is 7.72. The third kappa shape index (κ3) is 3.52. The van der Waals surface area contributed by atoms with Crippen molar-refractivity contribution < 1.29 is 9.90 Å². The van der Waals surface area contributed by atoms with Gasteiger partial charge in [-0.1, -0.05) is 19.1 Å². The summed E-state index contributed by atoms with van der Waals surface area (Å²) in [6.07, 6.45) is 12.8. The van der Waals surface area contributed by atoms with Crippen LogP contribution in [-0.4, -0.2) is 16.5 Å². The summed E-state index contributed by atoms with van der Waals surface area (Å²) in [7, 11) is 0. The molecule has 0 aromatic carbocycles. The molecule has 2 nitrogen and oxygen atoms in total. The molecule has 114 valence electrons. The third-order valence-corrected chi connectivity index (χ3v) is 5.53. The van der Waals surface area contributed by atoms with Crippen molar-refractivity contribution in [3.8, 4) is 0 Å². The van der Waals surface area contributed by atoms with Crippen LogP contribution in [0.4, 0.5) is 0 Å². The van der Waals surface area contributed by atoms with Gasteiger partial charge in [-0.25, -0.2) is 0 Å². The van der Waals surface area contributed by atoms with Crippen LogP contribution in [0.15, 0.2) is 12.2 Å². The number of carbonyl (C=O) groups is 1. The highest BCUT2D eigenvalue weighted by molar-refractivity contribution is 5.83. The van der Waals surface area contributed by atoms with Gasteiger partial charge in [0, 0.05) is 12.3 Å². The van der Waals surface area contributed by atoms with E-state index in [1.807, 2.05) is 13.8 Å². The molecule has 2 rings (SSSR count). The van der Waals surface area contributed by atoms with Crippen LogP contribution in [0.3, 0.4) is 0 Å². The zero-order valence-electron chi connectivity index (χ0n) is 13.3. The predicted molar refractivity (Wildman–Crippen MR) is 82.5 cm³/mol. The number of hydrogen-bond acceptors (Lipinski definition) is 2. The largest absolute Gasteiger partial charge is 0.390 e. The van der Waals surface area contributed by atoms with E-state index in [1.54, 1.807) is 0 Å². The molecule has 0 saturated heterocycles. The van der Waals surface area contributed by atoms with E-state index in [0.29, 0.717) is 17.6 Å². The average Bonchev–Trinajstić information content (AvgIpc) is 2.66. The number of ketones is 1. The minimum Gasteiger partial charge on any atom is -0.390 e. The Morgan fingerprint density at radius 2 is 2.10 bits per heavy atom. The van der Waals surface area contributed by atoms with Gasteiger partial charge in [-0.3, -0.25) is 4.79 Å². The van der Waals surface area contributed by atoms with E-state index in [4.69, 9.17) is 0 Å². The molecule has 0 amide bonds. The minimum absolute atomic E-state index is 0.277. The molecule has 2 aliphatic carbocycles. The maximum absolute atomic E-state index is 12.1. The molecule has 1 unspecified atom stereocenters. The standard InChI is InChI=1S/C18H30O2/c1-17(2,20)12-6-4-5-8-14-10-11-15-16(19)9-7-13-18(14,15)3/h4,6,14-15,20H,5,7-13H2,1-3H3/b6-4+/t14-,15?,18+/m0/s1. The predicted octanol–water partition coefficient (Wildman–Crippen LogP) is 4.27. The Labute approximate surface area is 123 Å². The monoisotopic (exact) mass is 278 g/mol. The molecule has 2 heteroatoms.